The lowest BCUT2D eigenvalue weighted by Gasteiger charge is -2.13. The molecule has 0 saturated carbocycles. The number of aryl methyl sites for hydroxylation is 1. The molecule has 126 valence electrons. The van der Waals surface area contributed by atoms with Gasteiger partial charge in [-0.25, -0.2) is 0 Å². The number of fused-ring (bicyclic) bond motifs is 2. The zero-order valence-corrected chi connectivity index (χ0v) is 13.6. The third kappa shape index (κ3) is 2.85. The summed E-state index contributed by atoms with van der Waals surface area (Å²) in [5.74, 6) is 0.306. The minimum absolute atomic E-state index is 0.227. The lowest BCUT2D eigenvalue weighted by atomic mass is 10.0. The van der Waals surface area contributed by atoms with Crippen molar-refractivity contribution in [1.29, 1.82) is 0 Å². The average molecular weight is 335 g/mol. The van der Waals surface area contributed by atoms with Crippen LogP contribution >= 0.6 is 0 Å². The second-order valence-corrected chi connectivity index (χ2v) is 5.92. The van der Waals surface area contributed by atoms with Crippen molar-refractivity contribution in [2.75, 3.05) is 11.9 Å². The van der Waals surface area contributed by atoms with E-state index in [1.54, 1.807) is 7.05 Å². The zero-order valence-electron chi connectivity index (χ0n) is 13.6. The number of anilines is 1. The van der Waals surface area contributed by atoms with E-state index in [9.17, 15) is 9.90 Å². The maximum Gasteiger partial charge on any atom is 0.263 e. The van der Waals surface area contributed by atoms with Crippen molar-refractivity contribution in [2.45, 2.75) is 6.10 Å². The number of rotatable bonds is 4. The van der Waals surface area contributed by atoms with Crippen molar-refractivity contribution in [1.82, 2.24) is 19.7 Å². The molecule has 4 aromatic rings. The second kappa shape index (κ2) is 6.03. The molecule has 0 bridgehead atoms. The fourth-order valence-electron chi connectivity index (χ4n) is 2.84. The summed E-state index contributed by atoms with van der Waals surface area (Å²) in [6.45, 7) is 0.227. The normalized spacial score (nSPS) is 12.6. The third-order valence-electron chi connectivity index (χ3n) is 4.22. The van der Waals surface area contributed by atoms with Gasteiger partial charge in [-0.2, -0.15) is 10.1 Å². The number of nitrogens with zero attached hydrogens (tertiary/aromatic N) is 3. The van der Waals surface area contributed by atoms with Crippen molar-refractivity contribution in [3.05, 3.63) is 64.6 Å². The molecule has 0 aliphatic heterocycles. The standard InChI is InChI=1S/C18H17N5O2/c1-23-16-14(9-20-23)17(25)22-18(21-16)19-10-15(24)13-7-6-11-4-2-3-5-12(11)8-13/h2-9,15,24H,10H2,1H3,(H2,19,21,22,25)/t15-/m0/s1. The first kappa shape index (κ1) is 15.3. The molecule has 2 heterocycles. The average Bonchev–Trinajstić information content (AvgIpc) is 3.01. The van der Waals surface area contributed by atoms with Gasteiger partial charge < -0.3 is 10.4 Å². The number of aliphatic hydroxyl groups is 1. The van der Waals surface area contributed by atoms with Crippen LogP contribution in [0.3, 0.4) is 0 Å². The van der Waals surface area contributed by atoms with Crippen LogP contribution in [0.2, 0.25) is 0 Å². The molecule has 0 amide bonds. The Hall–Kier alpha value is -3.19. The molecule has 0 aliphatic rings. The summed E-state index contributed by atoms with van der Waals surface area (Å²) in [5.41, 5.74) is 1.03. The Morgan fingerprint density at radius 2 is 2.04 bits per heavy atom. The highest BCUT2D eigenvalue weighted by Crippen LogP contribution is 2.20. The van der Waals surface area contributed by atoms with Crippen LogP contribution in [0.5, 0.6) is 0 Å². The van der Waals surface area contributed by atoms with E-state index in [2.05, 4.69) is 20.4 Å². The van der Waals surface area contributed by atoms with Gasteiger partial charge in [-0.15, -0.1) is 0 Å². The summed E-state index contributed by atoms with van der Waals surface area (Å²) in [5, 5.41) is 20.1. The fourth-order valence-corrected chi connectivity index (χ4v) is 2.84. The second-order valence-electron chi connectivity index (χ2n) is 5.92. The number of hydrogen-bond donors (Lipinski definition) is 3. The quantitative estimate of drug-likeness (QED) is 0.530. The van der Waals surface area contributed by atoms with Gasteiger partial charge in [0.2, 0.25) is 5.95 Å². The molecule has 0 radical (unpaired) electrons. The number of aliphatic hydroxyl groups excluding tert-OH is 1. The van der Waals surface area contributed by atoms with E-state index in [4.69, 9.17) is 0 Å². The topological polar surface area (TPSA) is 95.8 Å². The number of hydrogen-bond acceptors (Lipinski definition) is 5. The Balaban J connectivity index is 1.55. The fraction of sp³-hybridized carbons (Fsp3) is 0.167. The number of aromatic amines is 1. The lowest BCUT2D eigenvalue weighted by molar-refractivity contribution is 0.191. The molecule has 0 spiro atoms. The van der Waals surface area contributed by atoms with E-state index in [0.717, 1.165) is 16.3 Å². The number of H-pyrrole nitrogens is 1. The van der Waals surface area contributed by atoms with E-state index < -0.39 is 6.10 Å². The van der Waals surface area contributed by atoms with Crippen LogP contribution in [0.25, 0.3) is 21.8 Å². The number of benzene rings is 2. The molecule has 7 heteroatoms. The van der Waals surface area contributed by atoms with Crippen LogP contribution < -0.4 is 10.9 Å². The lowest BCUT2D eigenvalue weighted by Crippen LogP contribution is -2.18. The van der Waals surface area contributed by atoms with Crippen molar-refractivity contribution < 1.29 is 5.11 Å². The first-order valence-corrected chi connectivity index (χ1v) is 7.94. The predicted octanol–water partition coefficient (Wildman–Crippen LogP) is 1.96. The molecule has 3 N–H and O–H groups in total. The molecular weight excluding hydrogens is 318 g/mol. The van der Waals surface area contributed by atoms with Gasteiger partial charge in [0, 0.05) is 13.6 Å². The van der Waals surface area contributed by atoms with E-state index in [-0.39, 0.29) is 12.1 Å². The molecule has 25 heavy (non-hydrogen) atoms. The Kier molecular flexibility index (Phi) is 3.70. The minimum atomic E-state index is -0.725. The molecule has 7 nitrogen and oxygen atoms in total. The highest BCUT2D eigenvalue weighted by atomic mass is 16.3. The summed E-state index contributed by atoms with van der Waals surface area (Å²) in [7, 11) is 1.72. The van der Waals surface area contributed by atoms with Gasteiger partial charge in [0.05, 0.1) is 12.3 Å². The van der Waals surface area contributed by atoms with E-state index in [0.29, 0.717) is 17.0 Å². The van der Waals surface area contributed by atoms with Gasteiger partial charge in [0.25, 0.3) is 5.56 Å². The van der Waals surface area contributed by atoms with Gasteiger partial charge in [-0.05, 0) is 22.4 Å². The SMILES string of the molecule is Cn1ncc2c(=O)[nH]c(NC[C@H](O)c3ccc4ccccc4c3)nc21. The van der Waals surface area contributed by atoms with Crippen molar-refractivity contribution in [2.24, 2.45) is 7.05 Å². The Morgan fingerprint density at radius 3 is 2.88 bits per heavy atom. The number of nitrogens with one attached hydrogen (secondary N) is 2. The van der Waals surface area contributed by atoms with Gasteiger partial charge in [0.1, 0.15) is 5.39 Å². The molecule has 0 saturated heterocycles. The van der Waals surface area contributed by atoms with Crippen LogP contribution in [0, 0.1) is 0 Å². The van der Waals surface area contributed by atoms with Crippen molar-refractivity contribution in [3.63, 3.8) is 0 Å². The highest BCUT2D eigenvalue weighted by molar-refractivity contribution is 5.83. The molecule has 0 aliphatic carbocycles. The van der Waals surface area contributed by atoms with Gasteiger partial charge in [-0.1, -0.05) is 36.4 Å². The summed E-state index contributed by atoms with van der Waals surface area (Å²) in [6.07, 6.45) is 0.756. The van der Waals surface area contributed by atoms with Crippen molar-refractivity contribution in [3.8, 4) is 0 Å². The Morgan fingerprint density at radius 1 is 1.24 bits per heavy atom. The summed E-state index contributed by atoms with van der Waals surface area (Å²) in [4.78, 5) is 19.0. The monoisotopic (exact) mass is 335 g/mol. The maximum absolute atomic E-state index is 12.0. The molecule has 4 rings (SSSR count). The Bertz CT molecular complexity index is 1120. The van der Waals surface area contributed by atoms with Crippen molar-refractivity contribution >= 4 is 27.8 Å². The third-order valence-corrected chi connectivity index (χ3v) is 4.22. The minimum Gasteiger partial charge on any atom is -0.387 e. The van der Waals surface area contributed by atoms with Crippen LogP contribution in [0.15, 0.2) is 53.5 Å². The summed E-state index contributed by atoms with van der Waals surface area (Å²) < 4.78 is 1.54. The molecular formula is C18H17N5O2. The highest BCUT2D eigenvalue weighted by Gasteiger charge is 2.11. The van der Waals surface area contributed by atoms with Gasteiger partial charge >= 0.3 is 0 Å². The van der Waals surface area contributed by atoms with E-state index in [1.807, 2.05) is 42.5 Å². The number of aromatic nitrogens is 4. The van der Waals surface area contributed by atoms with Crippen LogP contribution in [0.1, 0.15) is 11.7 Å². The molecule has 2 aromatic carbocycles. The molecule has 1 atom stereocenters. The smallest absolute Gasteiger partial charge is 0.263 e. The first-order valence-electron chi connectivity index (χ1n) is 7.94. The van der Waals surface area contributed by atoms with Gasteiger partial charge in [0.15, 0.2) is 5.65 Å². The largest absolute Gasteiger partial charge is 0.387 e. The zero-order chi connectivity index (χ0) is 17.4. The van der Waals surface area contributed by atoms with E-state index in [1.165, 1.54) is 10.9 Å². The molecule has 0 fully saturated rings. The predicted molar refractivity (Wildman–Crippen MR) is 96.5 cm³/mol. The molecule has 2 aromatic heterocycles. The summed E-state index contributed by atoms with van der Waals surface area (Å²) >= 11 is 0. The van der Waals surface area contributed by atoms with Crippen LogP contribution in [-0.4, -0.2) is 31.4 Å². The Labute approximate surface area is 142 Å². The maximum atomic E-state index is 12.0. The van der Waals surface area contributed by atoms with E-state index >= 15 is 0 Å². The molecule has 0 unspecified atom stereocenters. The first-order chi connectivity index (χ1) is 12.1. The van der Waals surface area contributed by atoms with Crippen LogP contribution in [0.4, 0.5) is 5.95 Å². The van der Waals surface area contributed by atoms with Gasteiger partial charge in [-0.3, -0.25) is 14.5 Å². The van der Waals surface area contributed by atoms with Crippen LogP contribution in [-0.2, 0) is 7.05 Å². The summed E-state index contributed by atoms with van der Waals surface area (Å²) in [6, 6.07) is 13.8.